The summed E-state index contributed by atoms with van der Waals surface area (Å²) in [5.74, 6) is 1.91. The van der Waals surface area contributed by atoms with Gasteiger partial charge in [0, 0.05) is 19.6 Å². The number of carbonyl (C=O) groups is 1. The van der Waals surface area contributed by atoms with Crippen LogP contribution in [0.3, 0.4) is 0 Å². The third-order valence-electron chi connectivity index (χ3n) is 7.66. The standard InChI is InChI=1S/C22H34O5/c23-22(18-7-6-17-10-20(18)26-17)25-13-15-3-1-14(2-4-15)11-24-12-16-5-8-19-21(9-16)27-19/h14-21H,1-13H2/t14?,15?,16?,17?,18?,19?,20-,21?/m1/s1. The first kappa shape index (κ1) is 18.4. The first-order valence-electron chi connectivity index (χ1n) is 11.3. The summed E-state index contributed by atoms with van der Waals surface area (Å²) in [5.41, 5.74) is 0. The summed E-state index contributed by atoms with van der Waals surface area (Å²) >= 11 is 0. The molecule has 6 rings (SSSR count). The minimum atomic E-state index is -0.0158. The molecule has 3 saturated heterocycles. The molecule has 5 nitrogen and oxygen atoms in total. The van der Waals surface area contributed by atoms with Crippen LogP contribution >= 0.6 is 0 Å². The summed E-state index contributed by atoms with van der Waals surface area (Å²) in [6, 6.07) is 0. The van der Waals surface area contributed by atoms with Crippen LogP contribution in [0.4, 0.5) is 0 Å². The lowest BCUT2D eigenvalue weighted by Crippen LogP contribution is -2.50. The number of hydrogen-bond acceptors (Lipinski definition) is 5. The van der Waals surface area contributed by atoms with Crippen molar-refractivity contribution in [2.75, 3.05) is 19.8 Å². The minimum Gasteiger partial charge on any atom is -0.465 e. The quantitative estimate of drug-likeness (QED) is 0.501. The van der Waals surface area contributed by atoms with Crippen molar-refractivity contribution in [3.63, 3.8) is 0 Å². The molecule has 6 atom stereocenters. The van der Waals surface area contributed by atoms with Gasteiger partial charge in [-0.05, 0) is 75.5 Å². The predicted molar refractivity (Wildman–Crippen MR) is 99.2 cm³/mol. The molecule has 5 heteroatoms. The highest BCUT2D eigenvalue weighted by molar-refractivity contribution is 5.73. The number of carbonyl (C=O) groups excluding carboxylic acids is 1. The molecule has 6 fully saturated rings. The molecule has 5 unspecified atom stereocenters. The van der Waals surface area contributed by atoms with E-state index < -0.39 is 0 Å². The molecule has 3 heterocycles. The van der Waals surface area contributed by atoms with Crippen molar-refractivity contribution < 1.29 is 23.7 Å². The van der Waals surface area contributed by atoms with E-state index in [1.165, 1.54) is 32.1 Å². The molecular formula is C22H34O5. The molecule has 3 aliphatic carbocycles. The first-order chi connectivity index (χ1) is 13.2. The summed E-state index contributed by atoms with van der Waals surface area (Å²) in [7, 11) is 0. The average Bonchev–Trinajstić information content (AvgIpc) is 3.45. The minimum absolute atomic E-state index is 0.00385. The smallest absolute Gasteiger partial charge is 0.311 e. The van der Waals surface area contributed by atoms with E-state index in [4.69, 9.17) is 18.9 Å². The Kier molecular flexibility index (Phi) is 5.45. The lowest BCUT2D eigenvalue weighted by Gasteiger charge is -2.45. The van der Waals surface area contributed by atoms with Gasteiger partial charge in [0.25, 0.3) is 0 Å². The molecule has 0 N–H and O–H groups in total. The van der Waals surface area contributed by atoms with Gasteiger partial charge >= 0.3 is 5.97 Å². The van der Waals surface area contributed by atoms with Gasteiger partial charge < -0.3 is 18.9 Å². The molecule has 6 aliphatic rings. The third kappa shape index (κ3) is 4.35. The molecule has 0 radical (unpaired) electrons. The van der Waals surface area contributed by atoms with Gasteiger partial charge in [0.1, 0.15) is 0 Å². The molecule has 0 amide bonds. The second-order valence-corrected chi connectivity index (χ2v) is 9.66. The second kappa shape index (κ2) is 8.00. The Morgan fingerprint density at radius 3 is 2.11 bits per heavy atom. The van der Waals surface area contributed by atoms with Gasteiger partial charge in [-0.2, -0.15) is 0 Å². The summed E-state index contributed by atoms with van der Waals surface area (Å²) in [4.78, 5) is 12.3. The lowest BCUT2D eigenvalue weighted by atomic mass is 9.80. The number of epoxide rings is 1. The molecule has 27 heavy (non-hydrogen) atoms. The highest BCUT2D eigenvalue weighted by Gasteiger charge is 2.45. The van der Waals surface area contributed by atoms with Crippen LogP contribution in [0.5, 0.6) is 0 Å². The maximum atomic E-state index is 12.3. The van der Waals surface area contributed by atoms with Crippen LogP contribution in [-0.4, -0.2) is 50.2 Å². The van der Waals surface area contributed by atoms with E-state index in [0.717, 1.165) is 45.3 Å². The van der Waals surface area contributed by atoms with Crippen molar-refractivity contribution >= 4 is 5.97 Å². The van der Waals surface area contributed by atoms with E-state index in [9.17, 15) is 4.79 Å². The topological polar surface area (TPSA) is 57.3 Å². The number of rotatable bonds is 7. The van der Waals surface area contributed by atoms with Crippen molar-refractivity contribution in [3.8, 4) is 0 Å². The SMILES string of the molecule is O=C(OCC1CCC(COCC2CCC3OC3C2)CC1)C1CCC2C[C@H]1O2. The maximum absolute atomic E-state index is 12.3. The first-order valence-corrected chi connectivity index (χ1v) is 11.3. The second-order valence-electron chi connectivity index (χ2n) is 9.66. The Morgan fingerprint density at radius 2 is 1.41 bits per heavy atom. The summed E-state index contributed by atoms with van der Waals surface area (Å²) in [6.45, 7) is 2.42. The number of fused-ring (bicyclic) bond motifs is 3. The van der Waals surface area contributed by atoms with Crippen LogP contribution in [0, 0.1) is 23.7 Å². The van der Waals surface area contributed by atoms with Crippen LogP contribution < -0.4 is 0 Å². The van der Waals surface area contributed by atoms with E-state index in [1.54, 1.807) is 0 Å². The van der Waals surface area contributed by atoms with Crippen LogP contribution in [0.25, 0.3) is 0 Å². The Hall–Kier alpha value is -0.650. The van der Waals surface area contributed by atoms with Gasteiger partial charge in [0.15, 0.2) is 0 Å². The van der Waals surface area contributed by atoms with E-state index in [0.29, 0.717) is 42.7 Å². The molecule has 152 valence electrons. The Bertz CT molecular complexity index is 520. The van der Waals surface area contributed by atoms with E-state index in [-0.39, 0.29) is 18.0 Å². The van der Waals surface area contributed by atoms with Crippen molar-refractivity contribution in [1.29, 1.82) is 0 Å². The van der Waals surface area contributed by atoms with Gasteiger partial charge in [0.2, 0.25) is 0 Å². The van der Waals surface area contributed by atoms with Crippen molar-refractivity contribution in [2.45, 2.75) is 88.6 Å². The fourth-order valence-electron chi connectivity index (χ4n) is 5.67. The fourth-order valence-corrected chi connectivity index (χ4v) is 5.67. The zero-order valence-corrected chi connectivity index (χ0v) is 16.4. The fraction of sp³-hybridized carbons (Fsp3) is 0.955. The number of hydrogen-bond donors (Lipinski definition) is 0. The largest absolute Gasteiger partial charge is 0.465 e. The lowest BCUT2D eigenvalue weighted by molar-refractivity contribution is -0.202. The van der Waals surface area contributed by atoms with Crippen LogP contribution in [0.1, 0.15) is 64.2 Å². The predicted octanol–water partition coefficient (Wildman–Crippen LogP) is 3.49. The molecule has 3 saturated carbocycles. The van der Waals surface area contributed by atoms with Gasteiger partial charge in [-0.1, -0.05) is 0 Å². The molecular weight excluding hydrogens is 344 g/mol. The third-order valence-corrected chi connectivity index (χ3v) is 7.66. The monoisotopic (exact) mass is 378 g/mol. The van der Waals surface area contributed by atoms with Gasteiger partial charge in [-0.15, -0.1) is 0 Å². The normalized spacial score (nSPS) is 45.5. The van der Waals surface area contributed by atoms with Gasteiger partial charge in [-0.25, -0.2) is 0 Å². The highest BCUT2D eigenvalue weighted by Crippen LogP contribution is 2.40. The summed E-state index contributed by atoms with van der Waals surface area (Å²) in [6.07, 6.45) is 13.2. The van der Waals surface area contributed by atoms with Crippen molar-refractivity contribution in [1.82, 2.24) is 0 Å². The zero-order chi connectivity index (χ0) is 18.2. The highest BCUT2D eigenvalue weighted by atomic mass is 16.6. The molecule has 0 aromatic heterocycles. The summed E-state index contributed by atoms with van der Waals surface area (Å²) in [5, 5.41) is 0. The average molecular weight is 379 g/mol. The van der Waals surface area contributed by atoms with E-state index >= 15 is 0 Å². The zero-order valence-electron chi connectivity index (χ0n) is 16.4. The molecule has 2 bridgehead atoms. The van der Waals surface area contributed by atoms with Crippen molar-refractivity contribution in [3.05, 3.63) is 0 Å². The van der Waals surface area contributed by atoms with E-state index in [1.807, 2.05) is 0 Å². The molecule has 0 aromatic carbocycles. The molecule has 3 aliphatic heterocycles. The van der Waals surface area contributed by atoms with Crippen LogP contribution in [0.15, 0.2) is 0 Å². The Balaban J connectivity index is 0.943. The Morgan fingerprint density at radius 1 is 0.704 bits per heavy atom. The van der Waals surface area contributed by atoms with Crippen molar-refractivity contribution in [2.24, 2.45) is 23.7 Å². The number of ether oxygens (including phenoxy) is 4. The van der Waals surface area contributed by atoms with Crippen LogP contribution in [0.2, 0.25) is 0 Å². The van der Waals surface area contributed by atoms with Gasteiger partial charge in [-0.3, -0.25) is 4.79 Å². The van der Waals surface area contributed by atoms with Crippen LogP contribution in [-0.2, 0) is 23.7 Å². The maximum Gasteiger partial charge on any atom is 0.311 e. The summed E-state index contributed by atoms with van der Waals surface area (Å²) < 4.78 is 23.0. The van der Waals surface area contributed by atoms with Gasteiger partial charge in [0.05, 0.1) is 36.9 Å². The van der Waals surface area contributed by atoms with E-state index in [2.05, 4.69) is 0 Å². The molecule has 0 spiro atoms. The molecule has 0 aromatic rings. The Labute approximate surface area is 162 Å². The number of esters is 1.